The van der Waals surface area contributed by atoms with Crippen molar-refractivity contribution in [3.05, 3.63) is 47.4 Å². The highest BCUT2D eigenvalue weighted by atomic mass is 16.2. The predicted octanol–water partition coefficient (Wildman–Crippen LogP) is 3.20. The van der Waals surface area contributed by atoms with E-state index in [0.717, 1.165) is 35.3 Å². The van der Waals surface area contributed by atoms with Crippen LogP contribution in [0.25, 0.3) is 11.3 Å². The molecule has 10 nitrogen and oxygen atoms in total. The lowest BCUT2D eigenvalue weighted by atomic mass is 9.93. The van der Waals surface area contributed by atoms with E-state index in [1.807, 2.05) is 37.5 Å². The van der Waals surface area contributed by atoms with Crippen LogP contribution in [0.2, 0.25) is 0 Å². The molecule has 0 aromatic carbocycles. The Labute approximate surface area is 201 Å². The number of rotatable bonds is 5. The SMILES string of the molecule is [2H]C([2H])([2H])NC(=O)c1nnc(NC(=O)C2CC2)cc1Nc1nc(C)cc2c1N(C)[C@@H](C)c1cccnc1-2. The van der Waals surface area contributed by atoms with Crippen LogP contribution in [0.5, 0.6) is 0 Å². The van der Waals surface area contributed by atoms with Crippen LogP contribution in [0, 0.1) is 12.8 Å². The van der Waals surface area contributed by atoms with Crippen molar-refractivity contribution in [3.63, 3.8) is 0 Å². The lowest BCUT2D eigenvalue weighted by Gasteiger charge is -2.36. The summed E-state index contributed by atoms with van der Waals surface area (Å²) in [6, 6.07) is 7.33. The van der Waals surface area contributed by atoms with Crippen LogP contribution in [-0.2, 0) is 4.79 Å². The van der Waals surface area contributed by atoms with Gasteiger partial charge in [0.15, 0.2) is 17.3 Å². The van der Waals surface area contributed by atoms with Crippen LogP contribution in [-0.4, -0.2) is 46.0 Å². The number of aromatic nitrogens is 4. The highest BCUT2D eigenvalue weighted by Crippen LogP contribution is 2.46. The number of carbonyl (C=O) groups excluding carboxylic acids is 2. The molecule has 3 aromatic rings. The van der Waals surface area contributed by atoms with Crippen molar-refractivity contribution in [2.24, 2.45) is 5.92 Å². The molecule has 1 aliphatic heterocycles. The van der Waals surface area contributed by atoms with Crippen molar-refractivity contribution in [2.75, 3.05) is 29.6 Å². The van der Waals surface area contributed by atoms with E-state index in [4.69, 9.17) is 4.11 Å². The van der Waals surface area contributed by atoms with Gasteiger partial charge >= 0.3 is 0 Å². The average molecular weight is 462 g/mol. The average Bonchev–Trinajstić information content (AvgIpc) is 3.67. The normalized spacial score (nSPS) is 18.0. The number of anilines is 4. The van der Waals surface area contributed by atoms with Gasteiger partial charge in [0.05, 0.1) is 23.1 Å². The van der Waals surface area contributed by atoms with Crippen LogP contribution < -0.4 is 20.9 Å². The smallest absolute Gasteiger partial charge is 0.273 e. The third-order valence-corrected chi connectivity index (χ3v) is 6.17. The Kier molecular flexibility index (Phi) is 4.52. The Bertz CT molecular complexity index is 1410. The van der Waals surface area contributed by atoms with Crippen LogP contribution >= 0.6 is 0 Å². The van der Waals surface area contributed by atoms with E-state index in [0.29, 0.717) is 11.5 Å². The number of aryl methyl sites for hydroxylation is 1. The molecule has 5 rings (SSSR count). The van der Waals surface area contributed by atoms with Gasteiger partial charge < -0.3 is 20.9 Å². The minimum absolute atomic E-state index is 0.0106. The third-order valence-electron chi connectivity index (χ3n) is 6.17. The first-order valence-corrected chi connectivity index (χ1v) is 11.0. The van der Waals surface area contributed by atoms with Crippen LogP contribution in [0.15, 0.2) is 30.5 Å². The lowest BCUT2D eigenvalue weighted by Crippen LogP contribution is -2.28. The fourth-order valence-electron chi connectivity index (χ4n) is 4.15. The number of nitrogens with one attached hydrogen (secondary N) is 3. The molecule has 0 bridgehead atoms. The summed E-state index contributed by atoms with van der Waals surface area (Å²) < 4.78 is 22.2. The molecule has 3 N–H and O–H groups in total. The number of carbonyl (C=O) groups is 2. The molecule has 0 saturated heterocycles. The van der Waals surface area contributed by atoms with Crippen molar-refractivity contribution < 1.29 is 13.7 Å². The number of fused-ring (bicyclic) bond motifs is 3. The van der Waals surface area contributed by atoms with Crippen molar-refractivity contribution >= 4 is 34.8 Å². The minimum atomic E-state index is -2.72. The molecule has 3 aromatic heterocycles. The largest absolute Gasteiger partial charge is 0.364 e. The maximum absolute atomic E-state index is 12.8. The van der Waals surface area contributed by atoms with Gasteiger partial charge in [-0.3, -0.25) is 14.6 Å². The topological polar surface area (TPSA) is 125 Å². The summed E-state index contributed by atoms with van der Waals surface area (Å²) in [4.78, 5) is 36.5. The van der Waals surface area contributed by atoms with Gasteiger partial charge in [-0.15, -0.1) is 10.2 Å². The molecule has 0 radical (unpaired) electrons. The maximum Gasteiger partial charge on any atom is 0.273 e. The molecule has 2 amide bonds. The molecule has 1 saturated carbocycles. The summed E-state index contributed by atoms with van der Waals surface area (Å²) in [5.74, 6) is -0.617. The molecule has 2 aliphatic rings. The van der Waals surface area contributed by atoms with Crippen LogP contribution in [0.4, 0.5) is 23.0 Å². The maximum atomic E-state index is 12.8. The van der Waals surface area contributed by atoms with Gasteiger partial charge in [0.1, 0.15) is 0 Å². The molecule has 0 spiro atoms. The summed E-state index contributed by atoms with van der Waals surface area (Å²) >= 11 is 0. The van der Waals surface area contributed by atoms with E-state index in [-0.39, 0.29) is 35.1 Å². The first-order chi connectivity index (χ1) is 17.5. The Morgan fingerprint density at radius 1 is 1.24 bits per heavy atom. The Morgan fingerprint density at radius 2 is 2.06 bits per heavy atom. The second-order valence-electron chi connectivity index (χ2n) is 8.57. The summed E-state index contributed by atoms with van der Waals surface area (Å²) in [5, 5.41) is 15.7. The van der Waals surface area contributed by atoms with E-state index in [9.17, 15) is 9.59 Å². The first kappa shape index (κ1) is 18.4. The fraction of sp³-hybridized carbons (Fsp3) is 0.333. The Balaban J connectivity index is 1.60. The summed E-state index contributed by atoms with van der Waals surface area (Å²) in [6.45, 7) is 1.18. The van der Waals surface area contributed by atoms with Crippen molar-refractivity contribution in [1.29, 1.82) is 0 Å². The summed E-state index contributed by atoms with van der Waals surface area (Å²) in [5.41, 5.74) is 4.14. The van der Waals surface area contributed by atoms with Gasteiger partial charge in [-0.2, -0.15) is 0 Å². The zero-order valence-corrected chi connectivity index (χ0v) is 19.0. The number of amides is 2. The van der Waals surface area contributed by atoms with Gasteiger partial charge in [-0.05, 0) is 38.8 Å². The highest BCUT2D eigenvalue weighted by molar-refractivity contribution is 6.00. The number of hydrogen-bond acceptors (Lipinski definition) is 8. The standard InChI is InChI=1S/C24H26N8O2/c1-12-10-16-19-15(6-5-9-26-19)13(2)32(4)21(16)22(27-12)28-17-11-18(29-23(33)14-7-8-14)30-31-20(17)24(34)25-3/h5-6,9-11,13-14H,7-8H2,1-4H3,(H,25,34)(H2,27,28,29,30,33)/t13-/m0/s1/i3D3. The quantitative estimate of drug-likeness (QED) is 0.529. The highest BCUT2D eigenvalue weighted by Gasteiger charge is 2.32. The first-order valence-electron chi connectivity index (χ1n) is 12.5. The van der Waals surface area contributed by atoms with Gasteiger partial charge in [-0.25, -0.2) is 4.98 Å². The summed E-state index contributed by atoms with van der Waals surface area (Å²) in [7, 11) is 1.94. The van der Waals surface area contributed by atoms with Crippen molar-refractivity contribution in [1.82, 2.24) is 25.5 Å². The molecule has 174 valence electrons. The summed E-state index contributed by atoms with van der Waals surface area (Å²) in [6.07, 6.45) is 3.36. The zero-order chi connectivity index (χ0) is 26.5. The van der Waals surface area contributed by atoms with E-state index in [2.05, 4.69) is 42.6 Å². The van der Waals surface area contributed by atoms with Crippen molar-refractivity contribution in [3.8, 4) is 11.3 Å². The molecule has 34 heavy (non-hydrogen) atoms. The second kappa shape index (κ2) is 8.36. The zero-order valence-electron chi connectivity index (χ0n) is 22.0. The van der Waals surface area contributed by atoms with Gasteiger partial charge in [-0.1, -0.05) is 6.07 Å². The molecule has 1 fully saturated rings. The van der Waals surface area contributed by atoms with E-state index >= 15 is 0 Å². The van der Waals surface area contributed by atoms with Gasteiger partial charge in [0.25, 0.3) is 5.91 Å². The van der Waals surface area contributed by atoms with Crippen LogP contribution in [0.1, 0.15) is 51.7 Å². The molecule has 4 heterocycles. The minimum Gasteiger partial charge on any atom is -0.364 e. The van der Waals surface area contributed by atoms with Crippen LogP contribution in [0.3, 0.4) is 0 Å². The molecule has 10 heteroatoms. The molecule has 1 atom stereocenters. The monoisotopic (exact) mass is 461 g/mol. The fourth-order valence-corrected chi connectivity index (χ4v) is 4.15. The lowest BCUT2D eigenvalue weighted by molar-refractivity contribution is -0.117. The van der Waals surface area contributed by atoms with E-state index in [1.54, 1.807) is 6.20 Å². The number of pyridine rings is 2. The van der Waals surface area contributed by atoms with Gasteiger partial charge in [0, 0.05) is 53.1 Å². The number of hydrogen-bond donors (Lipinski definition) is 3. The molecular formula is C24H26N8O2. The van der Waals surface area contributed by atoms with Crippen molar-refractivity contribution in [2.45, 2.75) is 32.7 Å². The van der Waals surface area contributed by atoms with Gasteiger partial charge in [0.2, 0.25) is 5.91 Å². The Hall–Kier alpha value is -4.08. The second-order valence-corrected chi connectivity index (χ2v) is 8.57. The Morgan fingerprint density at radius 3 is 2.82 bits per heavy atom. The van der Waals surface area contributed by atoms with E-state index < -0.39 is 12.9 Å². The molecular weight excluding hydrogens is 432 g/mol. The number of nitrogens with zero attached hydrogens (tertiary/aromatic N) is 5. The third kappa shape index (κ3) is 3.81. The van der Waals surface area contributed by atoms with E-state index in [1.165, 1.54) is 6.07 Å². The molecule has 1 aliphatic carbocycles. The molecule has 0 unspecified atom stereocenters. The predicted molar refractivity (Wildman–Crippen MR) is 129 cm³/mol.